The Hall–Kier alpha value is -2.53. The number of benzene rings is 1. The average Bonchev–Trinajstić information content (AvgIpc) is 2.60. The van der Waals surface area contributed by atoms with Crippen molar-refractivity contribution in [2.75, 3.05) is 11.9 Å². The average molecular weight is 323 g/mol. The Morgan fingerprint density at radius 2 is 2.13 bits per heavy atom. The minimum atomic E-state index is 0.639. The van der Waals surface area contributed by atoms with Gasteiger partial charge in [-0.15, -0.1) is 0 Å². The Balaban J connectivity index is 1.88. The number of para-hydroxylation sites is 1. The van der Waals surface area contributed by atoms with Crippen LogP contribution in [0.2, 0.25) is 0 Å². The summed E-state index contributed by atoms with van der Waals surface area (Å²) in [6, 6.07) is 11.9. The van der Waals surface area contributed by atoms with Gasteiger partial charge in [-0.05, 0) is 25.1 Å². The molecule has 0 amide bonds. The molecule has 3 aromatic rings. The molecular formula is C18H17N3OS. The third kappa shape index (κ3) is 3.46. The fourth-order valence-electron chi connectivity index (χ4n) is 2.40. The number of ether oxygens (including phenoxy) is 1. The number of nitrogens with zero attached hydrogens (tertiary/aromatic N) is 2. The summed E-state index contributed by atoms with van der Waals surface area (Å²) in [5.41, 5.74) is 3.63. The first-order valence-corrected chi connectivity index (χ1v) is 7.93. The van der Waals surface area contributed by atoms with Gasteiger partial charge in [0.25, 0.3) is 0 Å². The lowest BCUT2D eigenvalue weighted by molar-refractivity contribution is 0.337. The lowest BCUT2D eigenvalue weighted by Crippen LogP contribution is -2.06. The summed E-state index contributed by atoms with van der Waals surface area (Å²) >= 11 is 5.10. The maximum Gasteiger partial charge on any atom is 0.124 e. The molecule has 0 radical (unpaired) electrons. The van der Waals surface area contributed by atoms with Crippen LogP contribution < -0.4 is 10.1 Å². The molecule has 23 heavy (non-hydrogen) atoms. The summed E-state index contributed by atoms with van der Waals surface area (Å²) in [4.78, 5) is 8.71. The summed E-state index contributed by atoms with van der Waals surface area (Å²) in [6.45, 7) is 3.26. The van der Waals surface area contributed by atoms with Crippen LogP contribution in [0.5, 0.6) is 5.75 Å². The first-order valence-electron chi connectivity index (χ1n) is 7.46. The van der Waals surface area contributed by atoms with Gasteiger partial charge < -0.3 is 10.1 Å². The van der Waals surface area contributed by atoms with E-state index in [0.717, 1.165) is 33.6 Å². The van der Waals surface area contributed by atoms with Gasteiger partial charge in [-0.3, -0.25) is 4.98 Å². The minimum Gasteiger partial charge on any atom is -0.494 e. The molecule has 1 N–H and O–H groups in total. The topological polar surface area (TPSA) is 47.0 Å². The molecule has 0 saturated heterocycles. The normalized spacial score (nSPS) is 10.5. The highest BCUT2D eigenvalue weighted by Gasteiger charge is 2.07. The number of thiocarbonyl (C=S) groups is 1. The summed E-state index contributed by atoms with van der Waals surface area (Å²) in [5, 5.41) is 5.98. The molecule has 1 aromatic carbocycles. The van der Waals surface area contributed by atoms with Gasteiger partial charge >= 0.3 is 0 Å². The summed E-state index contributed by atoms with van der Waals surface area (Å²) in [7, 11) is 0. The summed E-state index contributed by atoms with van der Waals surface area (Å²) in [5.74, 6) is 0.891. The predicted octanol–water partition coefficient (Wildman–Crippen LogP) is 3.99. The standard InChI is InChI=1S/C18H17N3OS/c1-2-22-18-6-4-3-5-13(18)11-20-16-9-14-10-19-8-7-15(14)21-17(16)12-23/h3-10,12,20H,2,11H2,1H3. The minimum absolute atomic E-state index is 0.639. The molecule has 116 valence electrons. The van der Waals surface area contributed by atoms with Crippen molar-refractivity contribution in [2.45, 2.75) is 13.5 Å². The van der Waals surface area contributed by atoms with Gasteiger partial charge in [0, 0.05) is 35.3 Å². The number of aromatic nitrogens is 2. The van der Waals surface area contributed by atoms with Crippen LogP contribution in [0, 0.1) is 0 Å². The molecule has 2 aromatic heterocycles. The van der Waals surface area contributed by atoms with E-state index in [1.807, 2.05) is 43.3 Å². The fourth-order valence-corrected chi connectivity index (χ4v) is 2.58. The van der Waals surface area contributed by atoms with Crippen molar-refractivity contribution in [3.63, 3.8) is 0 Å². The van der Waals surface area contributed by atoms with E-state index in [2.05, 4.69) is 15.3 Å². The lowest BCUT2D eigenvalue weighted by Gasteiger charge is -2.13. The fraction of sp³-hybridized carbons (Fsp3) is 0.167. The van der Waals surface area contributed by atoms with Gasteiger partial charge in [-0.2, -0.15) is 0 Å². The highest BCUT2D eigenvalue weighted by atomic mass is 32.1. The van der Waals surface area contributed by atoms with Crippen molar-refractivity contribution < 1.29 is 4.74 Å². The Labute approximate surface area is 140 Å². The van der Waals surface area contributed by atoms with Gasteiger partial charge in [0.05, 0.1) is 23.5 Å². The monoisotopic (exact) mass is 323 g/mol. The zero-order chi connectivity index (χ0) is 16.1. The molecule has 4 nitrogen and oxygen atoms in total. The second kappa shape index (κ2) is 7.15. The second-order valence-corrected chi connectivity index (χ2v) is 5.24. The SMILES string of the molecule is CCOc1ccccc1CNc1cc2cnccc2nc1C=S. The van der Waals surface area contributed by atoms with Crippen molar-refractivity contribution in [3.8, 4) is 5.75 Å². The summed E-state index contributed by atoms with van der Waals surface area (Å²) in [6.07, 6.45) is 3.53. The quantitative estimate of drug-likeness (QED) is 0.695. The molecule has 0 bridgehead atoms. The second-order valence-electron chi connectivity index (χ2n) is 5.00. The Kier molecular flexibility index (Phi) is 4.78. The van der Waals surface area contributed by atoms with Gasteiger partial charge in [0.15, 0.2) is 0 Å². The van der Waals surface area contributed by atoms with Crippen LogP contribution in [0.1, 0.15) is 18.2 Å². The van der Waals surface area contributed by atoms with E-state index in [9.17, 15) is 0 Å². The highest BCUT2D eigenvalue weighted by Crippen LogP contribution is 2.23. The van der Waals surface area contributed by atoms with Crippen molar-refractivity contribution in [3.05, 3.63) is 60.0 Å². The number of anilines is 1. The van der Waals surface area contributed by atoms with Crippen molar-refractivity contribution >= 4 is 34.2 Å². The van der Waals surface area contributed by atoms with Crippen LogP contribution in [0.25, 0.3) is 10.9 Å². The first kappa shape index (κ1) is 15.4. The van der Waals surface area contributed by atoms with Crippen molar-refractivity contribution in [1.29, 1.82) is 0 Å². The Bertz CT molecular complexity index is 835. The molecule has 0 aliphatic heterocycles. The third-order valence-corrected chi connectivity index (χ3v) is 3.72. The maximum absolute atomic E-state index is 5.66. The summed E-state index contributed by atoms with van der Waals surface area (Å²) < 4.78 is 5.66. The molecule has 3 rings (SSSR count). The molecule has 5 heteroatoms. The van der Waals surface area contributed by atoms with Crippen LogP contribution in [0.3, 0.4) is 0 Å². The van der Waals surface area contributed by atoms with E-state index in [0.29, 0.717) is 13.2 Å². The predicted molar refractivity (Wildman–Crippen MR) is 97.2 cm³/mol. The molecule has 0 atom stereocenters. The smallest absolute Gasteiger partial charge is 0.124 e. The van der Waals surface area contributed by atoms with E-state index in [1.54, 1.807) is 17.8 Å². The van der Waals surface area contributed by atoms with Crippen LogP contribution in [0.4, 0.5) is 5.69 Å². The van der Waals surface area contributed by atoms with E-state index in [-0.39, 0.29) is 0 Å². The van der Waals surface area contributed by atoms with E-state index < -0.39 is 0 Å². The van der Waals surface area contributed by atoms with Crippen LogP contribution in [-0.4, -0.2) is 21.9 Å². The van der Waals surface area contributed by atoms with E-state index >= 15 is 0 Å². The van der Waals surface area contributed by atoms with Gasteiger partial charge in [0.2, 0.25) is 0 Å². The van der Waals surface area contributed by atoms with Crippen LogP contribution >= 0.6 is 12.2 Å². The molecule has 0 aliphatic rings. The van der Waals surface area contributed by atoms with Gasteiger partial charge in [-0.1, -0.05) is 30.4 Å². The lowest BCUT2D eigenvalue weighted by atomic mass is 10.1. The molecule has 0 unspecified atom stereocenters. The molecule has 2 heterocycles. The van der Waals surface area contributed by atoms with Crippen LogP contribution in [0.15, 0.2) is 48.8 Å². The zero-order valence-electron chi connectivity index (χ0n) is 12.8. The first-order chi connectivity index (χ1) is 11.3. The van der Waals surface area contributed by atoms with Crippen molar-refractivity contribution in [1.82, 2.24) is 9.97 Å². The third-order valence-electron chi connectivity index (χ3n) is 3.50. The van der Waals surface area contributed by atoms with Crippen LogP contribution in [-0.2, 0) is 6.54 Å². The number of fused-ring (bicyclic) bond motifs is 1. The van der Waals surface area contributed by atoms with Gasteiger partial charge in [0.1, 0.15) is 5.75 Å². The Morgan fingerprint density at radius 1 is 1.26 bits per heavy atom. The number of hydrogen-bond acceptors (Lipinski definition) is 5. The molecule has 0 saturated carbocycles. The Morgan fingerprint density at radius 3 is 2.96 bits per heavy atom. The number of rotatable bonds is 6. The number of pyridine rings is 2. The maximum atomic E-state index is 5.66. The van der Waals surface area contributed by atoms with Crippen molar-refractivity contribution in [2.24, 2.45) is 0 Å². The largest absolute Gasteiger partial charge is 0.494 e. The van der Waals surface area contributed by atoms with E-state index in [1.165, 1.54) is 0 Å². The molecule has 0 aliphatic carbocycles. The zero-order valence-corrected chi connectivity index (χ0v) is 13.6. The number of hydrogen-bond donors (Lipinski definition) is 1. The molecule has 0 fully saturated rings. The number of nitrogens with one attached hydrogen (secondary N) is 1. The highest BCUT2D eigenvalue weighted by molar-refractivity contribution is 7.79. The molecular weight excluding hydrogens is 306 g/mol. The van der Waals surface area contributed by atoms with E-state index in [4.69, 9.17) is 17.0 Å². The molecule has 0 spiro atoms. The van der Waals surface area contributed by atoms with Gasteiger partial charge in [-0.25, -0.2) is 4.98 Å².